The summed E-state index contributed by atoms with van der Waals surface area (Å²) in [7, 11) is 2.04. The van der Waals surface area contributed by atoms with Gasteiger partial charge in [0, 0.05) is 9.75 Å². The molecule has 0 spiro atoms. The lowest BCUT2D eigenvalue weighted by Gasteiger charge is -2.21. The minimum atomic E-state index is 0.302. The minimum Gasteiger partial charge on any atom is -0.309 e. The zero-order chi connectivity index (χ0) is 13.3. The summed E-state index contributed by atoms with van der Waals surface area (Å²) in [5, 5.41) is 3.48. The van der Waals surface area contributed by atoms with Crippen molar-refractivity contribution >= 4 is 11.3 Å². The third-order valence-corrected chi connectivity index (χ3v) is 4.49. The standard InChI is InChI=1S/C16H21NS/c1-10-7-6-8-11(2)15(10)16(17-5)14-9-12(3)18-13(14)4/h6-9,16-17H,1-5H3. The molecule has 1 aromatic heterocycles. The number of nitrogens with one attached hydrogen (secondary N) is 1. The first-order valence-corrected chi connectivity index (χ1v) is 7.16. The van der Waals surface area contributed by atoms with Crippen LogP contribution in [0.1, 0.15) is 38.0 Å². The molecule has 1 nitrogen and oxygen atoms in total. The van der Waals surface area contributed by atoms with Crippen LogP contribution in [0.5, 0.6) is 0 Å². The van der Waals surface area contributed by atoms with Gasteiger partial charge in [0.2, 0.25) is 0 Å². The van der Waals surface area contributed by atoms with Crippen LogP contribution in [0.3, 0.4) is 0 Å². The quantitative estimate of drug-likeness (QED) is 0.867. The van der Waals surface area contributed by atoms with Gasteiger partial charge in [-0.3, -0.25) is 0 Å². The summed E-state index contributed by atoms with van der Waals surface area (Å²) in [5.74, 6) is 0. The zero-order valence-corrected chi connectivity index (χ0v) is 12.6. The van der Waals surface area contributed by atoms with Crippen molar-refractivity contribution in [2.45, 2.75) is 33.7 Å². The molecule has 1 unspecified atom stereocenters. The summed E-state index contributed by atoms with van der Waals surface area (Å²) in [4.78, 5) is 2.79. The molecule has 0 aliphatic carbocycles. The Bertz CT molecular complexity index is 534. The molecule has 0 fully saturated rings. The van der Waals surface area contributed by atoms with Crippen LogP contribution in [0, 0.1) is 27.7 Å². The Morgan fingerprint density at radius 2 is 1.67 bits per heavy atom. The van der Waals surface area contributed by atoms with Crippen molar-refractivity contribution in [2.24, 2.45) is 0 Å². The van der Waals surface area contributed by atoms with Crippen molar-refractivity contribution in [3.05, 3.63) is 56.3 Å². The summed E-state index contributed by atoms with van der Waals surface area (Å²) < 4.78 is 0. The van der Waals surface area contributed by atoms with Crippen molar-refractivity contribution < 1.29 is 0 Å². The number of benzene rings is 1. The van der Waals surface area contributed by atoms with E-state index in [1.165, 1.54) is 32.0 Å². The van der Waals surface area contributed by atoms with Crippen molar-refractivity contribution in [3.8, 4) is 0 Å². The van der Waals surface area contributed by atoms with E-state index >= 15 is 0 Å². The lowest BCUT2D eigenvalue weighted by Crippen LogP contribution is -2.20. The van der Waals surface area contributed by atoms with E-state index in [0.29, 0.717) is 6.04 Å². The topological polar surface area (TPSA) is 12.0 Å². The second kappa shape index (κ2) is 5.25. The normalized spacial score (nSPS) is 12.7. The minimum absolute atomic E-state index is 0.302. The highest BCUT2D eigenvalue weighted by atomic mass is 32.1. The predicted octanol–water partition coefficient (Wildman–Crippen LogP) is 4.29. The van der Waals surface area contributed by atoms with Crippen LogP contribution < -0.4 is 5.32 Å². The van der Waals surface area contributed by atoms with Crippen LogP contribution in [0.4, 0.5) is 0 Å². The van der Waals surface area contributed by atoms with Gasteiger partial charge in [-0.1, -0.05) is 18.2 Å². The smallest absolute Gasteiger partial charge is 0.0590 e. The number of aryl methyl sites for hydroxylation is 4. The van der Waals surface area contributed by atoms with E-state index in [-0.39, 0.29) is 0 Å². The molecule has 0 radical (unpaired) electrons. The molecule has 1 heterocycles. The van der Waals surface area contributed by atoms with Crippen molar-refractivity contribution in [3.63, 3.8) is 0 Å². The lowest BCUT2D eigenvalue weighted by molar-refractivity contribution is 0.682. The summed E-state index contributed by atoms with van der Waals surface area (Å²) in [6.45, 7) is 8.78. The summed E-state index contributed by atoms with van der Waals surface area (Å²) >= 11 is 1.88. The second-order valence-corrected chi connectivity index (χ2v) is 6.36. The largest absolute Gasteiger partial charge is 0.309 e. The van der Waals surface area contributed by atoms with Gasteiger partial charge in [-0.15, -0.1) is 11.3 Å². The highest BCUT2D eigenvalue weighted by Gasteiger charge is 2.19. The van der Waals surface area contributed by atoms with Crippen molar-refractivity contribution in [1.29, 1.82) is 0 Å². The highest BCUT2D eigenvalue weighted by Crippen LogP contribution is 2.33. The molecule has 1 aromatic carbocycles. The van der Waals surface area contributed by atoms with Gasteiger partial charge in [-0.25, -0.2) is 0 Å². The molecule has 2 aromatic rings. The van der Waals surface area contributed by atoms with Gasteiger partial charge >= 0.3 is 0 Å². The van der Waals surface area contributed by atoms with Crippen molar-refractivity contribution in [2.75, 3.05) is 7.05 Å². The van der Waals surface area contributed by atoms with E-state index in [0.717, 1.165) is 0 Å². The molecule has 0 amide bonds. The van der Waals surface area contributed by atoms with Crippen LogP contribution in [0.2, 0.25) is 0 Å². The van der Waals surface area contributed by atoms with Gasteiger partial charge in [0.25, 0.3) is 0 Å². The monoisotopic (exact) mass is 259 g/mol. The SMILES string of the molecule is CNC(c1cc(C)sc1C)c1c(C)cccc1C. The summed E-state index contributed by atoms with van der Waals surface area (Å²) in [5.41, 5.74) is 5.55. The summed E-state index contributed by atoms with van der Waals surface area (Å²) in [6.07, 6.45) is 0. The Hall–Kier alpha value is -1.12. The maximum Gasteiger partial charge on any atom is 0.0590 e. The number of hydrogen-bond acceptors (Lipinski definition) is 2. The van der Waals surface area contributed by atoms with Crippen LogP contribution >= 0.6 is 11.3 Å². The van der Waals surface area contributed by atoms with Gasteiger partial charge in [0.05, 0.1) is 6.04 Å². The van der Waals surface area contributed by atoms with E-state index in [1.807, 2.05) is 18.4 Å². The van der Waals surface area contributed by atoms with E-state index < -0.39 is 0 Å². The van der Waals surface area contributed by atoms with Crippen LogP contribution in [-0.2, 0) is 0 Å². The fourth-order valence-electron chi connectivity index (χ4n) is 2.68. The first-order valence-electron chi connectivity index (χ1n) is 6.35. The average molecular weight is 259 g/mol. The first-order chi connectivity index (χ1) is 8.54. The molecule has 18 heavy (non-hydrogen) atoms. The van der Waals surface area contributed by atoms with Crippen LogP contribution in [-0.4, -0.2) is 7.05 Å². The molecule has 1 atom stereocenters. The fraction of sp³-hybridized carbons (Fsp3) is 0.375. The number of rotatable bonds is 3. The molecule has 0 saturated carbocycles. The Morgan fingerprint density at radius 1 is 1.06 bits per heavy atom. The van der Waals surface area contributed by atoms with Gasteiger partial charge in [0.15, 0.2) is 0 Å². The van der Waals surface area contributed by atoms with Gasteiger partial charge < -0.3 is 5.32 Å². The molecule has 0 aliphatic heterocycles. The zero-order valence-electron chi connectivity index (χ0n) is 11.8. The van der Waals surface area contributed by atoms with E-state index in [1.54, 1.807) is 0 Å². The molecule has 2 rings (SSSR count). The molecule has 1 N–H and O–H groups in total. The van der Waals surface area contributed by atoms with E-state index in [4.69, 9.17) is 0 Å². The number of hydrogen-bond donors (Lipinski definition) is 1. The number of thiophene rings is 1. The Balaban J connectivity index is 2.55. The maximum absolute atomic E-state index is 3.48. The third-order valence-electron chi connectivity index (χ3n) is 3.51. The highest BCUT2D eigenvalue weighted by molar-refractivity contribution is 7.12. The molecule has 0 aliphatic rings. The third kappa shape index (κ3) is 2.36. The van der Waals surface area contributed by atoms with Gasteiger partial charge in [-0.05, 0) is 63.1 Å². The van der Waals surface area contributed by atoms with Gasteiger partial charge in [-0.2, -0.15) is 0 Å². The lowest BCUT2D eigenvalue weighted by atomic mass is 9.91. The second-order valence-electron chi connectivity index (χ2n) is 4.90. The van der Waals surface area contributed by atoms with Gasteiger partial charge in [0.1, 0.15) is 0 Å². The Labute approximate surface area is 114 Å². The van der Waals surface area contributed by atoms with Crippen LogP contribution in [0.25, 0.3) is 0 Å². The van der Waals surface area contributed by atoms with E-state index in [2.05, 4.69) is 57.3 Å². The first kappa shape index (κ1) is 13.3. The fourth-order valence-corrected chi connectivity index (χ4v) is 3.64. The maximum atomic E-state index is 3.48. The Morgan fingerprint density at radius 3 is 2.11 bits per heavy atom. The molecule has 0 saturated heterocycles. The average Bonchev–Trinajstić information content (AvgIpc) is 2.63. The molecule has 2 heteroatoms. The Kier molecular flexibility index (Phi) is 3.88. The molecular formula is C16H21NS. The molecular weight excluding hydrogens is 238 g/mol. The molecule has 96 valence electrons. The predicted molar refractivity (Wildman–Crippen MR) is 80.6 cm³/mol. The van der Waals surface area contributed by atoms with Crippen molar-refractivity contribution in [1.82, 2.24) is 5.32 Å². The van der Waals surface area contributed by atoms with Crippen LogP contribution in [0.15, 0.2) is 24.3 Å². The van der Waals surface area contributed by atoms with E-state index in [9.17, 15) is 0 Å². The summed E-state index contributed by atoms with van der Waals surface area (Å²) in [6, 6.07) is 9.14. The molecule has 0 bridgehead atoms.